The first kappa shape index (κ1) is 17.3. The SMILES string of the molecule is CC1(c2ccc(F)c(F)c2)NC(=O)N(CC(=O)NC2CCCC2)C1=O. The van der Waals surface area contributed by atoms with Crippen LogP contribution in [-0.4, -0.2) is 35.3 Å². The van der Waals surface area contributed by atoms with Crippen molar-refractivity contribution in [1.82, 2.24) is 15.5 Å². The van der Waals surface area contributed by atoms with E-state index in [0.29, 0.717) is 0 Å². The fraction of sp³-hybridized carbons (Fsp3) is 0.471. The van der Waals surface area contributed by atoms with Gasteiger partial charge in [0.05, 0.1) is 0 Å². The summed E-state index contributed by atoms with van der Waals surface area (Å²) in [6.07, 6.45) is 3.86. The lowest BCUT2D eigenvalue weighted by Crippen LogP contribution is -2.45. The van der Waals surface area contributed by atoms with Crippen LogP contribution in [0.4, 0.5) is 13.6 Å². The van der Waals surface area contributed by atoms with Gasteiger partial charge in [-0.2, -0.15) is 0 Å². The molecule has 1 saturated heterocycles. The number of rotatable bonds is 4. The Balaban J connectivity index is 1.74. The Bertz CT molecular complexity index is 734. The number of nitrogens with one attached hydrogen (secondary N) is 2. The highest BCUT2D eigenvalue weighted by Gasteiger charge is 2.49. The van der Waals surface area contributed by atoms with E-state index in [1.807, 2.05) is 0 Å². The summed E-state index contributed by atoms with van der Waals surface area (Å²) in [5.41, 5.74) is -1.43. The molecule has 0 bridgehead atoms. The Labute approximate surface area is 143 Å². The van der Waals surface area contributed by atoms with Gasteiger partial charge in [0.1, 0.15) is 12.1 Å². The fourth-order valence-corrected chi connectivity index (χ4v) is 3.33. The number of imide groups is 1. The lowest BCUT2D eigenvalue weighted by molar-refractivity contribution is -0.135. The molecule has 1 aliphatic heterocycles. The summed E-state index contributed by atoms with van der Waals surface area (Å²) in [5, 5.41) is 5.27. The molecular weight excluding hydrogens is 332 g/mol. The third kappa shape index (κ3) is 3.20. The van der Waals surface area contributed by atoms with Gasteiger partial charge < -0.3 is 10.6 Å². The molecule has 1 saturated carbocycles. The van der Waals surface area contributed by atoms with E-state index in [2.05, 4.69) is 10.6 Å². The molecule has 6 nitrogen and oxygen atoms in total. The van der Waals surface area contributed by atoms with Gasteiger partial charge in [0.2, 0.25) is 5.91 Å². The number of carbonyl (C=O) groups is 3. The number of carbonyl (C=O) groups excluding carboxylic acids is 3. The summed E-state index contributed by atoms with van der Waals surface area (Å²) in [5.74, 6) is -3.25. The third-order valence-corrected chi connectivity index (χ3v) is 4.79. The first-order valence-corrected chi connectivity index (χ1v) is 8.20. The molecule has 2 N–H and O–H groups in total. The molecule has 2 aliphatic rings. The molecule has 25 heavy (non-hydrogen) atoms. The third-order valence-electron chi connectivity index (χ3n) is 4.79. The van der Waals surface area contributed by atoms with Crippen LogP contribution in [0.15, 0.2) is 18.2 Å². The van der Waals surface area contributed by atoms with Crippen LogP contribution in [0.2, 0.25) is 0 Å². The summed E-state index contributed by atoms with van der Waals surface area (Å²) >= 11 is 0. The predicted molar refractivity (Wildman–Crippen MR) is 84.4 cm³/mol. The van der Waals surface area contributed by atoms with Crippen LogP contribution in [0, 0.1) is 11.6 Å². The number of hydrogen-bond donors (Lipinski definition) is 2. The Kier molecular flexibility index (Phi) is 4.45. The molecule has 0 radical (unpaired) electrons. The average molecular weight is 351 g/mol. The Morgan fingerprint density at radius 2 is 1.96 bits per heavy atom. The van der Waals surface area contributed by atoms with Gasteiger partial charge in [-0.3, -0.25) is 14.5 Å². The van der Waals surface area contributed by atoms with E-state index in [1.165, 1.54) is 13.0 Å². The van der Waals surface area contributed by atoms with Crippen LogP contribution in [0.3, 0.4) is 0 Å². The minimum absolute atomic E-state index is 0.0749. The maximum Gasteiger partial charge on any atom is 0.325 e. The molecule has 1 aromatic carbocycles. The van der Waals surface area contributed by atoms with Crippen molar-refractivity contribution in [3.63, 3.8) is 0 Å². The lowest BCUT2D eigenvalue weighted by atomic mass is 9.92. The highest BCUT2D eigenvalue weighted by Crippen LogP contribution is 2.29. The normalized spacial score (nSPS) is 23.9. The Hall–Kier alpha value is -2.51. The number of urea groups is 1. The molecule has 4 amide bonds. The maximum absolute atomic E-state index is 13.5. The van der Waals surface area contributed by atoms with Gasteiger partial charge >= 0.3 is 6.03 Å². The summed E-state index contributed by atoms with van der Waals surface area (Å²) in [7, 11) is 0. The van der Waals surface area contributed by atoms with Crippen molar-refractivity contribution in [2.24, 2.45) is 0 Å². The molecule has 1 aliphatic carbocycles. The quantitative estimate of drug-likeness (QED) is 0.812. The molecule has 1 aromatic rings. The van der Waals surface area contributed by atoms with Gasteiger partial charge in [-0.1, -0.05) is 18.9 Å². The van der Waals surface area contributed by atoms with Crippen molar-refractivity contribution in [3.05, 3.63) is 35.4 Å². The van der Waals surface area contributed by atoms with Gasteiger partial charge in [-0.05, 0) is 37.5 Å². The van der Waals surface area contributed by atoms with E-state index in [1.54, 1.807) is 0 Å². The summed E-state index contributed by atoms with van der Waals surface area (Å²) in [6.45, 7) is 0.995. The molecular formula is C17H19F2N3O3. The van der Waals surface area contributed by atoms with E-state index < -0.39 is 41.6 Å². The Morgan fingerprint density at radius 3 is 2.60 bits per heavy atom. The highest BCUT2D eigenvalue weighted by molar-refractivity contribution is 6.09. The average Bonchev–Trinajstić information content (AvgIpc) is 3.13. The summed E-state index contributed by atoms with van der Waals surface area (Å²) in [4.78, 5) is 37.7. The van der Waals surface area contributed by atoms with Gasteiger partial charge in [0.25, 0.3) is 5.91 Å². The molecule has 1 heterocycles. The molecule has 134 valence electrons. The molecule has 0 aromatic heterocycles. The highest BCUT2D eigenvalue weighted by atomic mass is 19.2. The number of benzene rings is 1. The number of nitrogens with zero attached hydrogens (tertiary/aromatic N) is 1. The van der Waals surface area contributed by atoms with E-state index >= 15 is 0 Å². The molecule has 3 rings (SSSR count). The van der Waals surface area contributed by atoms with E-state index in [9.17, 15) is 23.2 Å². The van der Waals surface area contributed by atoms with Gasteiger partial charge in [-0.25, -0.2) is 13.6 Å². The largest absolute Gasteiger partial charge is 0.352 e. The standard InChI is InChI=1S/C17H19F2N3O3/c1-17(10-6-7-12(18)13(19)8-10)15(24)22(16(25)21-17)9-14(23)20-11-4-2-3-5-11/h6-8,11H,2-5,9H2,1H3,(H,20,23)(H,21,25). The van der Waals surface area contributed by atoms with Crippen LogP contribution >= 0.6 is 0 Å². The number of amides is 4. The van der Waals surface area contributed by atoms with Crippen LogP contribution in [0.1, 0.15) is 38.2 Å². The maximum atomic E-state index is 13.5. The number of halogens is 2. The second-order valence-electron chi connectivity index (χ2n) is 6.62. The van der Waals surface area contributed by atoms with Gasteiger partial charge in [-0.15, -0.1) is 0 Å². The summed E-state index contributed by atoms with van der Waals surface area (Å²) < 4.78 is 26.6. The van der Waals surface area contributed by atoms with Crippen molar-refractivity contribution < 1.29 is 23.2 Å². The second kappa shape index (κ2) is 6.42. The second-order valence-corrected chi connectivity index (χ2v) is 6.62. The van der Waals surface area contributed by atoms with Crippen LogP contribution in [0.25, 0.3) is 0 Å². The van der Waals surface area contributed by atoms with Crippen LogP contribution < -0.4 is 10.6 Å². The van der Waals surface area contributed by atoms with Gasteiger partial charge in [0.15, 0.2) is 11.6 Å². The van der Waals surface area contributed by atoms with E-state index in [4.69, 9.17) is 0 Å². The smallest absolute Gasteiger partial charge is 0.325 e. The van der Waals surface area contributed by atoms with Crippen LogP contribution in [-0.2, 0) is 15.1 Å². The summed E-state index contributed by atoms with van der Waals surface area (Å²) in [6, 6.07) is 2.34. The molecule has 1 unspecified atom stereocenters. The lowest BCUT2D eigenvalue weighted by Gasteiger charge is -2.22. The van der Waals surface area contributed by atoms with Crippen molar-refractivity contribution in [1.29, 1.82) is 0 Å². The molecule has 1 atom stereocenters. The zero-order chi connectivity index (χ0) is 18.2. The fourth-order valence-electron chi connectivity index (χ4n) is 3.33. The molecule has 8 heteroatoms. The predicted octanol–water partition coefficient (Wildman–Crippen LogP) is 1.79. The zero-order valence-corrected chi connectivity index (χ0v) is 13.8. The first-order chi connectivity index (χ1) is 11.8. The van der Waals surface area contributed by atoms with E-state index in [-0.39, 0.29) is 11.6 Å². The zero-order valence-electron chi connectivity index (χ0n) is 13.8. The van der Waals surface area contributed by atoms with Crippen LogP contribution in [0.5, 0.6) is 0 Å². The minimum Gasteiger partial charge on any atom is -0.352 e. The molecule has 0 spiro atoms. The monoisotopic (exact) mass is 351 g/mol. The van der Waals surface area contributed by atoms with Crippen molar-refractivity contribution in [3.8, 4) is 0 Å². The van der Waals surface area contributed by atoms with Gasteiger partial charge in [0, 0.05) is 6.04 Å². The first-order valence-electron chi connectivity index (χ1n) is 8.20. The van der Waals surface area contributed by atoms with Crippen molar-refractivity contribution >= 4 is 17.8 Å². The number of hydrogen-bond acceptors (Lipinski definition) is 3. The Morgan fingerprint density at radius 1 is 1.28 bits per heavy atom. The minimum atomic E-state index is -1.54. The van der Waals surface area contributed by atoms with Crippen molar-refractivity contribution in [2.45, 2.75) is 44.2 Å². The molecule has 2 fully saturated rings. The van der Waals surface area contributed by atoms with Crippen molar-refractivity contribution in [2.75, 3.05) is 6.54 Å². The van der Waals surface area contributed by atoms with E-state index in [0.717, 1.165) is 42.7 Å². The topological polar surface area (TPSA) is 78.5 Å².